The molecule has 1 aromatic rings. The standard InChI is InChI=1S/C13H21NO4/c1-13(16,9-15)8-14-7-10-4-5-11(17-2)12(6-10)18-3/h4-6,14-16H,7-9H2,1-3H3. The van der Waals surface area contributed by atoms with Crippen LogP contribution < -0.4 is 14.8 Å². The summed E-state index contributed by atoms with van der Waals surface area (Å²) in [5.74, 6) is 1.36. The summed E-state index contributed by atoms with van der Waals surface area (Å²) in [5.41, 5.74) is -0.0855. The summed E-state index contributed by atoms with van der Waals surface area (Å²) >= 11 is 0. The Balaban J connectivity index is 2.58. The molecule has 0 aliphatic heterocycles. The molecule has 102 valence electrons. The summed E-state index contributed by atoms with van der Waals surface area (Å²) in [4.78, 5) is 0. The molecule has 18 heavy (non-hydrogen) atoms. The number of aliphatic hydroxyl groups excluding tert-OH is 1. The smallest absolute Gasteiger partial charge is 0.161 e. The Morgan fingerprint density at radius 3 is 2.44 bits per heavy atom. The molecule has 3 N–H and O–H groups in total. The predicted octanol–water partition coefficient (Wildman–Crippen LogP) is 0.537. The average Bonchev–Trinajstić information content (AvgIpc) is 2.38. The average molecular weight is 255 g/mol. The van der Waals surface area contributed by atoms with Gasteiger partial charge in [0.25, 0.3) is 0 Å². The van der Waals surface area contributed by atoms with Crippen molar-refractivity contribution >= 4 is 0 Å². The maximum atomic E-state index is 9.63. The van der Waals surface area contributed by atoms with Crippen molar-refractivity contribution in [3.8, 4) is 11.5 Å². The van der Waals surface area contributed by atoms with Crippen LogP contribution in [0, 0.1) is 0 Å². The molecular weight excluding hydrogens is 234 g/mol. The molecule has 0 radical (unpaired) electrons. The first-order valence-electron chi connectivity index (χ1n) is 5.77. The van der Waals surface area contributed by atoms with E-state index in [1.807, 2.05) is 18.2 Å². The Morgan fingerprint density at radius 2 is 1.89 bits per heavy atom. The van der Waals surface area contributed by atoms with Gasteiger partial charge >= 0.3 is 0 Å². The van der Waals surface area contributed by atoms with Crippen LogP contribution in [0.25, 0.3) is 0 Å². The summed E-state index contributed by atoms with van der Waals surface area (Å²) in [5, 5.41) is 21.6. The molecule has 0 aliphatic rings. The van der Waals surface area contributed by atoms with E-state index < -0.39 is 5.60 Å². The highest BCUT2D eigenvalue weighted by Gasteiger charge is 2.17. The van der Waals surface area contributed by atoms with Crippen LogP contribution in [0.15, 0.2) is 18.2 Å². The molecule has 0 aliphatic carbocycles. The van der Waals surface area contributed by atoms with Crippen LogP contribution in [0.2, 0.25) is 0 Å². The van der Waals surface area contributed by atoms with Gasteiger partial charge in [-0.3, -0.25) is 0 Å². The fourth-order valence-electron chi connectivity index (χ4n) is 1.52. The summed E-state index contributed by atoms with van der Waals surface area (Å²) in [6.45, 7) is 2.20. The van der Waals surface area contributed by atoms with Gasteiger partial charge in [0.05, 0.1) is 26.4 Å². The minimum atomic E-state index is -1.10. The third-order valence-electron chi connectivity index (χ3n) is 2.62. The van der Waals surface area contributed by atoms with E-state index in [0.717, 1.165) is 5.56 Å². The van der Waals surface area contributed by atoms with Gasteiger partial charge in [0, 0.05) is 13.1 Å². The number of ether oxygens (including phenoxy) is 2. The van der Waals surface area contributed by atoms with E-state index in [4.69, 9.17) is 14.6 Å². The Morgan fingerprint density at radius 1 is 1.22 bits per heavy atom. The number of hydrogen-bond donors (Lipinski definition) is 3. The fraction of sp³-hybridized carbons (Fsp3) is 0.538. The molecule has 5 heteroatoms. The van der Waals surface area contributed by atoms with Crippen LogP contribution in [0.1, 0.15) is 12.5 Å². The number of rotatable bonds is 7. The Labute approximate surface area is 107 Å². The SMILES string of the molecule is COc1ccc(CNCC(C)(O)CO)cc1OC. The van der Waals surface area contributed by atoms with Crippen molar-refractivity contribution in [2.24, 2.45) is 0 Å². The van der Waals surface area contributed by atoms with Crippen LogP contribution in [-0.2, 0) is 6.54 Å². The van der Waals surface area contributed by atoms with E-state index in [0.29, 0.717) is 24.6 Å². The van der Waals surface area contributed by atoms with Crippen molar-refractivity contribution in [2.45, 2.75) is 19.1 Å². The molecule has 0 aromatic heterocycles. The van der Waals surface area contributed by atoms with Crippen molar-refractivity contribution in [1.82, 2.24) is 5.32 Å². The molecule has 1 aromatic carbocycles. The summed E-state index contributed by atoms with van der Waals surface area (Å²) < 4.78 is 10.4. The molecule has 0 spiro atoms. The normalized spacial score (nSPS) is 14.1. The highest BCUT2D eigenvalue weighted by Crippen LogP contribution is 2.27. The zero-order chi connectivity index (χ0) is 13.6. The van der Waals surface area contributed by atoms with Crippen molar-refractivity contribution in [2.75, 3.05) is 27.4 Å². The van der Waals surface area contributed by atoms with Crippen LogP contribution in [0.3, 0.4) is 0 Å². The molecule has 1 unspecified atom stereocenters. The molecule has 0 saturated heterocycles. The lowest BCUT2D eigenvalue weighted by Crippen LogP contribution is -2.40. The van der Waals surface area contributed by atoms with Gasteiger partial charge < -0.3 is 25.0 Å². The van der Waals surface area contributed by atoms with Crippen molar-refractivity contribution in [3.63, 3.8) is 0 Å². The van der Waals surface area contributed by atoms with E-state index in [1.54, 1.807) is 21.1 Å². The molecule has 0 heterocycles. The Hall–Kier alpha value is -1.30. The quantitative estimate of drug-likeness (QED) is 0.663. The van der Waals surface area contributed by atoms with Crippen LogP contribution in [-0.4, -0.2) is 43.2 Å². The number of aliphatic hydroxyl groups is 2. The molecule has 1 rings (SSSR count). The van der Waals surface area contributed by atoms with Crippen LogP contribution >= 0.6 is 0 Å². The van der Waals surface area contributed by atoms with Gasteiger partial charge in [-0.2, -0.15) is 0 Å². The van der Waals surface area contributed by atoms with E-state index in [-0.39, 0.29) is 6.61 Å². The monoisotopic (exact) mass is 255 g/mol. The van der Waals surface area contributed by atoms with E-state index >= 15 is 0 Å². The Bertz CT molecular complexity index is 379. The molecule has 0 amide bonds. The minimum absolute atomic E-state index is 0.272. The number of benzene rings is 1. The van der Waals surface area contributed by atoms with Gasteiger partial charge in [0.1, 0.15) is 0 Å². The second-order valence-corrected chi connectivity index (χ2v) is 4.45. The van der Waals surface area contributed by atoms with Gasteiger partial charge in [-0.15, -0.1) is 0 Å². The van der Waals surface area contributed by atoms with E-state index in [1.165, 1.54) is 0 Å². The maximum Gasteiger partial charge on any atom is 0.161 e. The largest absolute Gasteiger partial charge is 0.493 e. The molecule has 1 atom stereocenters. The lowest BCUT2D eigenvalue weighted by Gasteiger charge is -2.20. The first-order valence-corrected chi connectivity index (χ1v) is 5.77. The topological polar surface area (TPSA) is 71.0 Å². The third-order valence-corrected chi connectivity index (χ3v) is 2.62. The van der Waals surface area contributed by atoms with Crippen molar-refractivity contribution in [1.29, 1.82) is 0 Å². The zero-order valence-corrected chi connectivity index (χ0v) is 11.1. The van der Waals surface area contributed by atoms with Gasteiger partial charge in [-0.05, 0) is 24.6 Å². The van der Waals surface area contributed by atoms with Gasteiger partial charge in [0.15, 0.2) is 11.5 Å². The van der Waals surface area contributed by atoms with E-state index in [9.17, 15) is 5.11 Å². The lowest BCUT2D eigenvalue weighted by atomic mass is 10.1. The fourth-order valence-corrected chi connectivity index (χ4v) is 1.52. The first-order chi connectivity index (χ1) is 8.52. The number of methoxy groups -OCH3 is 2. The van der Waals surface area contributed by atoms with Crippen LogP contribution in [0.4, 0.5) is 0 Å². The molecule has 0 fully saturated rings. The minimum Gasteiger partial charge on any atom is -0.493 e. The second-order valence-electron chi connectivity index (χ2n) is 4.45. The predicted molar refractivity (Wildman–Crippen MR) is 69.0 cm³/mol. The molecular formula is C13H21NO4. The van der Waals surface area contributed by atoms with Gasteiger partial charge in [0.2, 0.25) is 0 Å². The lowest BCUT2D eigenvalue weighted by molar-refractivity contribution is 0.00253. The second kappa shape index (κ2) is 6.58. The number of hydrogen-bond acceptors (Lipinski definition) is 5. The highest BCUT2D eigenvalue weighted by molar-refractivity contribution is 5.42. The highest BCUT2D eigenvalue weighted by atomic mass is 16.5. The Kier molecular flexibility index (Phi) is 5.40. The van der Waals surface area contributed by atoms with Crippen molar-refractivity contribution < 1.29 is 19.7 Å². The molecule has 0 saturated carbocycles. The molecule has 5 nitrogen and oxygen atoms in total. The van der Waals surface area contributed by atoms with E-state index in [2.05, 4.69) is 5.32 Å². The summed E-state index contributed by atoms with van der Waals surface area (Å²) in [7, 11) is 3.18. The summed E-state index contributed by atoms with van der Waals surface area (Å²) in [6, 6.07) is 5.63. The van der Waals surface area contributed by atoms with Crippen LogP contribution in [0.5, 0.6) is 11.5 Å². The number of nitrogens with one attached hydrogen (secondary N) is 1. The zero-order valence-electron chi connectivity index (χ0n) is 11.1. The summed E-state index contributed by atoms with van der Waals surface area (Å²) in [6.07, 6.45) is 0. The molecule has 0 bridgehead atoms. The maximum absolute atomic E-state index is 9.63. The van der Waals surface area contributed by atoms with Crippen molar-refractivity contribution in [3.05, 3.63) is 23.8 Å². The third kappa shape index (κ3) is 4.18. The van der Waals surface area contributed by atoms with Gasteiger partial charge in [-0.1, -0.05) is 6.07 Å². The first kappa shape index (κ1) is 14.8. The van der Waals surface area contributed by atoms with Gasteiger partial charge in [-0.25, -0.2) is 0 Å².